The van der Waals surface area contributed by atoms with Gasteiger partial charge in [0.1, 0.15) is 0 Å². The third-order valence-corrected chi connectivity index (χ3v) is 5.28. The fourth-order valence-electron chi connectivity index (χ4n) is 3.29. The molecule has 0 aliphatic rings. The molecule has 1 aromatic heterocycles. The van der Waals surface area contributed by atoms with E-state index in [0.717, 1.165) is 32.7 Å². The van der Waals surface area contributed by atoms with Gasteiger partial charge in [0.15, 0.2) is 0 Å². The van der Waals surface area contributed by atoms with Gasteiger partial charge in [0.05, 0.1) is 18.9 Å². The summed E-state index contributed by atoms with van der Waals surface area (Å²) in [6, 6.07) is 14.6. The maximum atomic E-state index is 12.2. The van der Waals surface area contributed by atoms with Crippen molar-refractivity contribution in [3.63, 3.8) is 0 Å². The average molecular weight is 468 g/mol. The van der Waals surface area contributed by atoms with Gasteiger partial charge in [0, 0.05) is 32.7 Å². The number of benzene rings is 2. The van der Waals surface area contributed by atoms with Crippen molar-refractivity contribution < 1.29 is 14.3 Å². The van der Waals surface area contributed by atoms with Crippen LogP contribution < -0.4 is 5.43 Å². The van der Waals surface area contributed by atoms with Crippen LogP contribution in [-0.2, 0) is 4.74 Å². The number of hydrogen-bond acceptors (Lipinski definition) is 4. The monoisotopic (exact) mass is 467 g/mol. The molecule has 1 N–H and O–H groups in total. The predicted octanol–water partition coefficient (Wildman–Crippen LogP) is 4.72. The number of carbonyl (C=O) groups excluding carboxylic acids is 2. The molecule has 0 aliphatic heterocycles. The number of hydrogen-bond donors (Lipinski definition) is 1. The Hall–Kier alpha value is -3.19. The quantitative estimate of drug-likeness (QED) is 0.335. The van der Waals surface area contributed by atoms with Crippen molar-refractivity contribution in [2.24, 2.45) is 5.10 Å². The van der Waals surface area contributed by atoms with Crippen LogP contribution in [0.5, 0.6) is 0 Å². The first kappa shape index (κ1) is 21.5. The minimum Gasteiger partial charge on any atom is -0.465 e. The van der Waals surface area contributed by atoms with E-state index in [2.05, 4.69) is 31.0 Å². The number of nitrogens with one attached hydrogen (secondary N) is 1. The molecule has 0 radical (unpaired) electrons. The minimum atomic E-state index is -0.361. The summed E-state index contributed by atoms with van der Waals surface area (Å²) < 4.78 is 7.71. The number of ether oxygens (including phenoxy) is 1. The summed E-state index contributed by atoms with van der Waals surface area (Å²) >= 11 is 3.35. The first-order valence-corrected chi connectivity index (χ1v) is 10.1. The molecule has 0 saturated carbocycles. The van der Waals surface area contributed by atoms with Crippen LogP contribution in [0, 0.1) is 20.8 Å². The number of aryl methyl sites for hydroxylation is 2. The summed E-state index contributed by atoms with van der Waals surface area (Å²) in [4.78, 5) is 24.0. The average Bonchev–Trinajstić information content (AvgIpc) is 3.00. The van der Waals surface area contributed by atoms with Crippen LogP contribution in [0.2, 0.25) is 0 Å². The van der Waals surface area contributed by atoms with Crippen molar-refractivity contribution >= 4 is 34.0 Å². The summed E-state index contributed by atoms with van der Waals surface area (Å²) in [6.45, 7) is 5.93. The molecule has 0 aliphatic carbocycles. The van der Waals surface area contributed by atoms with E-state index in [9.17, 15) is 9.59 Å². The van der Waals surface area contributed by atoms with E-state index in [4.69, 9.17) is 4.74 Å². The summed E-state index contributed by atoms with van der Waals surface area (Å²) in [5.41, 5.74) is 8.39. The van der Waals surface area contributed by atoms with E-state index >= 15 is 0 Å². The summed E-state index contributed by atoms with van der Waals surface area (Å²) in [5.74, 6) is -0.643. The molecule has 1 amide bonds. The van der Waals surface area contributed by atoms with Crippen LogP contribution >= 0.6 is 15.9 Å². The molecule has 3 aromatic rings. The normalized spacial score (nSPS) is 11.0. The largest absolute Gasteiger partial charge is 0.465 e. The molecule has 2 aromatic carbocycles. The second-order valence-corrected chi connectivity index (χ2v) is 7.78. The molecule has 6 nitrogen and oxygen atoms in total. The first-order chi connectivity index (χ1) is 14.3. The van der Waals surface area contributed by atoms with E-state index in [0.29, 0.717) is 11.1 Å². The van der Waals surface area contributed by atoms with Gasteiger partial charge in [-0.3, -0.25) is 4.79 Å². The zero-order valence-corrected chi connectivity index (χ0v) is 18.8. The van der Waals surface area contributed by atoms with Gasteiger partial charge >= 0.3 is 5.97 Å². The van der Waals surface area contributed by atoms with Crippen LogP contribution in [0.1, 0.15) is 43.2 Å². The van der Waals surface area contributed by atoms with Gasteiger partial charge in [-0.25, -0.2) is 10.2 Å². The van der Waals surface area contributed by atoms with Gasteiger partial charge in [-0.1, -0.05) is 22.0 Å². The van der Waals surface area contributed by atoms with E-state index in [1.807, 2.05) is 45.0 Å². The Bertz CT molecular complexity index is 1150. The van der Waals surface area contributed by atoms with Crippen molar-refractivity contribution in [3.05, 3.63) is 86.6 Å². The molecule has 0 bridgehead atoms. The predicted molar refractivity (Wildman–Crippen MR) is 121 cm³/mol. The molecular formula is C23H22BrN3O3. The van der Waals surface area contributed by atoms with Gasteiger partial charge in [0.2, 0.25) is 0 Å². The molecule has 0 fully saturated rings. The first-order valence-electron chi connectivity index (χ1n) is 9.29. The molecule has 0 saturated heterocycles. The molecule has 0 unspecified atom stereocenters. The topological polar surface area (TPSA) is 72.7 Å². The molecule has 7 heteroatoms. The van der Waals surface area contributed by atoms with Crippen molar-refractivity contribution in [1.82, 2.24) is 9.99 Å². The lowest BCUT2D eigenvalue weighted by Crippen LogP contribution is -2.17. The second kappa shape index (κ2) is 9.09. The molecule has 0 atom stereocenters. The second-order valence-electron chi connectivity index (χ2n) is 6.86. The number of rotatable bonds is 5. The summed E-state index contributed by atoms with van der Waals surface area (Å²) in [7, 11) is 1.37. The van der Waals surface area contributed by atoms with Crippen LogP contribution in [-0.4, -0.2) is 29.8 Å². The Morgan fingerprint density at radius 2 is 1.83 bits per heavy atom. The van der Waals surface area contributed by atoms with Crippen LogP contribution in [0.15, 0.2) is 58.1 Å². The number of esters is 1. The van der Waals surface area contributed by atoms with Gasteiger partial charge in [-0.15, -0.1) is 0 Å². The van der Waals surface area contributed by atoms with Crippen LogP contribution in [0.25, 0.3) is 5.69 Å². The van der Waals surface area contributed by atoms with Gasteiger partial charge in [-0.2, -0.15) is 5.10 Å². The van der Waals surface area contributed by atoms with Crippen LogP contribution in [0.3, 0.4) is 0 Å². The highest BCUT2D eigenvalue weighted by Crippen LogP contribution is 2.23. The van der Waals surface area contributed by atoms with Crippen LogP contribution in [0.4, 0.5) is 0 Å². The van der Waals surface area contributed by atoms with E-state index in [-0.39, 0.29) is 11.9 Å². The molecule has 154 valence electrons. The van der Waals surface area contributed by atoms with Crippen molar-refractivity contribution in [3.8, 4) is 5.69 Å². The third kappa shape index (κ3) is 4.52. The zero-order chi connectivity index (χ0) is 21.8. The lowest BCUT2D eigenvalue weighted by atomic mass is 10.1. The SMILES string of the molecule is COC(=O)c1ccc(-n2c(C)cc(/C=N\NC(=O)c3cccc(Br)c3)c2C)c(C)c1. The Balaban J connectivity index is 1.83. The highest BCUT2D eigenvalue weighted by atomic mass is 79.9. The number of methoxy groups -OCH3 is 1. The Morgan fingerprint density at radius 1 is 1.07 bits per heavy atom. The summed E-state index contributed by atoms with van der Waals surface area (Å²) in [5, 5.41) is 4.11. The van der Waals surface area contributed by atoms with E-state index in [1.54, 1.807) is 30.5 Å². The van der Waals surface area contributed by atoms with Gasteiger partial charge in [0.25, 0.3) is 5.91 Å². The molecule has 3 rings (SSSR count). The number of hydrazone groups is 1. The Kier molecular flexibility index (Phi) is 6.52. The van der Waals surface area contributed by atoms with Crippen molar-refractivity contribution in [2.75, 3.05) is 7.11 Å². The molecule has 0 spiro atoms. The third-order valence-electron chi connectivity index (χ3n) is 4.79. The van der Waals surface area contributed by atoms with Gasteiger partial charge < -0.3 is 9.30 Å². The number of nitrogens with zero attached hydrogens (tertiary/aromatic N) is 2. The van der Waals surface area contributed by atoms with Crippen molar-refractivity contribution in [1.29, 1.82) is 0 Å². The van der Waals surface area contributed by atoms with Gasteiger partial charge in [-0.05, 0) is 68.8 Å². The Labute approximate surface area is 183 Å². The minimum absolute atomic E-state index is 0.282. The van der Waals surface area contributed by atoms with E-state index < -0.39 is 0 Å². The maximum Gasteiger partial charge on any atom is 0.337 e. The number of halogens is 1. The fourth-order valence-corrected chi connectivity index (χ4v) is 3.69. The smallest absolute Gasteiger partial charge is 0.337 e. The lowest BCUT2D eigenvalue weighted by molar-refractivity contribution is 0.0600. The highest BCUT2D eigenvalue weighted by molar-refractivity contribution is 9.10. The highest BCUT2D eigenvalue weighted by Gasteiger charge is 2.14. The Morgan fingerprint density at radius 3 is 2.50 bits per heavy atom. The standard InChI is InChI=1S/C23H22BrN3O3/c1-14-10-18(23(29)30-4)8-9-21(14)27-15(2)11-19(16(27)3)13-25-26-22(28)17-6-5-7-20(24)12-17/h5-13H,1-4H3,(H,26,28)/b25-13-. The number of carbonyl (C=O) groups is 2. The van der Waals surface area contributed by atoms with Crippen molar-refractivity contribution in [2.45, 2.75) is 20.8 Å². The molecule has 1 heterocycles. The number of aromatic nitrogens is 1. The zero-order valence-electron chi connectivity index (χ0n) is 17.2. The van der Waals surface area contributed by atoms with E-state index in [1.165, 1.54) is 7.11 Å². The lowest BCUT2D eigenvalue weighted by Gasteiger charge is -2.13. The molecule has 30 heavy (non-hydrogen) atoms. The number of amides is 1. The molecular weight excluding hydrogens is 446 g/mol. The maximum absolute atomic E-state index is 12.2. The summed E-state index contributed by atoms with van der Waals surface area (Å²) in [6.07, 6.45) is 1.63. The fraction of sp³-hybridized carbons (Fsp3) is 0.174.